The van der Waals surface area contributed by atoms with Crippen molar-refractivity contribution >= 4 is 20.7 Å². The quantitative estimate of drug-likeness (QED) is 0.0526. The monoisotopic (exact) mass is 750 g/mol. The van der Waals surface area contributed by atoms with Crippen LogP contribution in [0, 0.1) is 16.1 Å². The van der Waals surface area contributed by atoms with Crippen LogP contribution in [0.4, 0.5) is 4.39 Å². The summed E-state index contributed by atoms with van der Waals surface area (Å²) in [4.78, 5) is 14.7. The number of rotatable bonds is 16. The van der Waals surface area contributed by atoms with Crippen molar-refractivity contribution in [3.8, 4) is 17.6 Å². The lowest BCUT2D eigenvalue weighted by Crippen LogP contribution is -2.43. The SMILES string of the molecule is COc1ccc(C(O[C@H]2O[C@@H](n3ccc(=O)[nH]c3=S)[C@H](F)[C@@H]2OP(OCCC#N)N(C(C)C)C(C)C)(c2ccccc2)c2ccc(OC)cc2)cc1. The fraction of sp³-hybridized carbons (Fsp3) is 0.395. The van der Waals surface area contributed by atoms with Crippen LogP contribution in [0.5, 0.6) is 11.5 Å². The van der Waals surface area contributed by atoms with Gasteiger partial charge in [-0.25, -0.2) is 9.06 Å². The fourth-order valence-corrected chi connectivity index (χ4v) is 8.25. The molecule has 14 heteroatoms. The van der Waals surface area contributed by atoms with Crippen LogP contribution in [0.3, 0.4) is 0 Å². The highest BCUT2D eigenvalue weighted by Crippen LogP contribution is 2.52. The minimum absolute atomic E-state index is 0.0299. The summed E-state index contributed by atoms with van der Waals surface area (Å²) in [5.74, 6) is 1.27. The van der Waals surface area contributed by atoms with Crippen LogP contribution < -0.4 is 15.0 Å². The minimum atomic E-state index is -1.94. The van der Waals surface area contributed by atoms with Crippen LogP contribution in [0.1, 0.15) is 57.0 Å². The molecule has 1 N–H and O–H groups in total. The molecule has 0 spiro atoms. The molecule has 52 heavy (non-hydrogen) atoms. The van der Waals surface area contributed by atoms with Crippen LogP contribution in [0.25, 0.3) is 0 Å². The Morgan fingerprint density at radius 3 is 2.00 bits per heavy atom. The van der Waals surface area contributed by atoms with Gasteiger partial charge in [-0.05, 0) is 80.9 Å². The third-order valence-corrected chi connectivity index (χ3v) is 11.0. The number of nitrogens with zero attached hydrogens (tertiary/aromatic N) is 3. The number of hydrogen-bond acceptors (Lipinski definition) is 10. The largest absolute Gasteiger partial charge is 0.497 e. The van der Waals surface area contributed by atoms with Gasteiger partial charge in [-0.3, -0.25) is 14.3 Å². The Bertz CT molecular complexity index is 1850. The third-order valence-electron chi connectivity index (χ3n) is 8.59. The zero-order valence-electron chi connectivity index (χ0n) is 30.0. The van der Waals surface area contributed by atoms with E-state index in [1.165, 1.54) is 16.8 Å². The fourth-order valence-electron chi connectivity index (χ4n) is 6.25. The van der Waals surface area contributed by atoms with Gasteiger partial charge in [-0.15, -0.1) is 0 Å². The average Bonchev–Trinajstić information content (AvgIpc) is 3.44. The van der Waals surface area contributed by atoms with Gasteiger partial charge in [-0.2, -0.15) is 5.26 Å². The number of nitriles is 1. The number of aromatic amines is 1. The first-order chi connectivity index (χ1) is 25.0. The molecule has 2 heterocycles. The zero-order valence-corrected chi connectivity index (χ0v) is 31.7. The maximum absolute atomic E-state index is 17.2. The second-order valence-electron chi connectivity index (χ2n) is 12.6. The molecule has 5 rings (SSSR count). The van der Waals surface area contributed by atoms with Gasteiger partial charge < -0.3 is 28.0 Å². The molecule has 0 aliphatic carbocycles. The molecule has 1 saturated heterocycles. The van der Waals surface area contributed by atoms with Crippen LogP contribution in [-0.4, -0.2) is 65.7 Å². The summed E-state index contributed by atoms with van der Waals surface area (Å²) in [5, 5.41) is 9.30. The van der Waals surface area contributed by atoms with E-state index in [1.807, 2.05) is 111 Å². The predicted octanol–water partition coefficient (Wildman–Crippen LogP) is 7.79. The predicted molar refractivity (Wildman–Crippen MR) is 198 cm³/mol. The molecule has 1 aromatic heterocycles. The molecule has 4 aromatic rings. The number of nitrogens with one attached hydrogen (secondary N) is 1. The Kier molecular flexibility index (Phi) is 13.3. The van der Waals surface area contributed by atoms with Crippen molar-refractivity contribution in [2.45, 2.75) is 76.6 Å². The molecule has 0 radical (unpaired) electrons. The van der Waals surface area contributed by atoms with Gasteiger partial charge in [0, 0.05) is 24.3 Å². The second kappa shape index (κ2) is 17.7. The van der Waals surface area contributed by atoms with Gasteiger partial charge in [0.05, 0.1) is 33.3 Å². The van der Waals surface area contributed by atoms with Crippen molar-refractivity contribution in [3.05, 3.63) is 123 Å². The number of halogens is 1. The number of benzene rings is 3. The van der Waals surface area contributed by atoms with E-state index in [9.17, 15) is 10.1 Å². The molecule has 1 fully saturated rings. The van der Waals surface area contributed by atoms with E-state index in [-0.39, 0.29) is 29.9 Å². The highest BCUT2D eigenvalue weighted by atomic mass is 32.1. The van der Waals surface area contributed by atoms with Crippen molar-refractivity contribution in [1.82, 2.24) is 14.2 Å². The summed E-state index contributed by atoms with van der Waals surface area (Å²) in [7, 11) is 1.24. The van der Waals surface area contributed by atoms with E-state index in [2.05, 4.69) is 11.1 Å². The molecular weight excluding hydrogens is 706 g/mol. The summed E-state index contributed by atoms with van der Waals surface area (Å²) in [6.07, 6.45) is -4.44. The lowest BCUT2D eigenvalue weighted by molar-refractivity contribution is -0.214. The Labute approximate surface area is 309 Å². The summed E-state index contributed by atoms with van der Waals surface area (Å²) < 4.78 is 58.2. The van der Waals surface area contributed by atoms with Gasteiger partial charge in [0.1, 0.15) is 17.1 Å². The Hall–Kier alpha value is -3.99. The van der Waals surface area contributed by atoms with Crippen LogP contribution in [-0.2, 0) is 24.1 Å². The van der Waals surface area contributed by atoms with Gasteiger partial charge in [0.2, 0.25) is 0 Å². The topological polar surface area (TPSA) is 120 Å². The molecule has 276 valence electrons. The van der Waals surface area contributed by atoms with Crippen molar-refractivity contribution in [3.63, 3.8) is 0 Å². The molecule has 5 atom stereocenters. The Morgan fingerprint density at radius 2 is 1.50 bits per heavy atom. The molecular formula is C38H44FN4O7PS. The first-order valence-corrected chi connectivity index (χ1v) is 18.5. The first-order valence-electron chi connectivity index (χ1n) is 16.9. The van der Waals surface area contributed by atoms with Crippen LogP contribution >= 0.6 is 20.7 Å². The van der Waals surface area contributed by atoms with Crippen molar-refractivity contribution in [2.75, 3.05) is 20.8 Å². The lowest BCUT2D eigenvalue weighted by Gasteiger charge is -2.40. The van der Waals surface area contributed by atoms with Gasteiger partial charge >= 0.3 is 0 Å². The standard InChI is InChI=1S/C38H44FN4O7PS/c1-25(2)43(26(3)4)51(47-24-10-22-40)50-34-33(39)35(42-23-21-32(44)41-37(42)52)48-36(34)49-38(27-11-8-7-9-12-27,28-13-17-30(45-5)18-14-28)29-15-19-31(46-6)20-16-29/h7-9,11-21,23,25-26,33-36H,10,24H2,1-6H3,(H,41,44,52)/t33-,34+,35-,36-,51?/m1/s1. The van der Waals surface area contributed by atoms with E-state index in [0.717, 1.165) is 5.56 Å². The zero-order chi connectivity index (χ0) is 37.4. The molecule has 0 bridgehead atoms. The number of aromatic nitrogens is 2. The van der Waals surface area contributed by atoms with Gasteiger partial charge in [0.15, 0.2) is 29.6 Å². The second-order valence-corrected chi connectivity index (χ2v) is 14.4. The maximum Gasteiger partial charge on any atom is 0.259 e. The normalized spacial score (nSPS) is 19.6. The van der Waals surface area contributed by atoms with E-state index in [4.69, 9.17) is 40.2 Å². The molecule has 1 aliphatic rings. The minimum Gasteiger partial charge on any atom is -0.497 e. The van der Waals surface area contributed by atoms with E-state index < -0.39 is 44.5 Å². The molecule has 1 aliphatic heterocycles. The lowest BCUT2D eigenvalue weighted by atomic mass is 9.80. The highest BCUT2D eigenvalue weighted by molar-refractivity contribution is 7.71. The number of alkyl halides is 1. The highest BCUT2D eigenvalue weighted by Gasteiger charge is 2.54. The summed E-state index contributed by atoms with van der Waals surface area (Å²) >= 11 is 5.46. The van der Waals surface area contributed by atoms with Crippen LogP contribution in [0.15, 0.2) is 95.9 Å². The first kappa shape index (κ1) is 39.2. The maximum atomic E-state index is 17.2. The van der Waals surface area contributed by atoms with E-state index >= 15 is 4.39 Å². The van der Waals surface area contributed by atoms with E-state index in [1.54, 1.807) is 14.2 Å². The summed E-state index contributed by atoms with van der Waals surface area (Å²) in [6.45, 7) is 8.06. The number of H-pyrrole nitrogens is 1. The van der Waals surface area contributed by atoms with Crippen molar-refractivity contribution < 1.29 is 32.4 Å². The molecule has 1 unspecified atom stereocenters. The molecule has 0 saturated carbocycles. The Morgan fingerprint density at radius 1 is 0.942 bits per heavy atom. The smallest absolute Gasteiger partial charge is 0.259 e. The summed E-state index contributed by atoms with van der Waals surface area (Å²) in [5.41, 5.74) is 0.296. The third kappa shape index (κ3) is 8.45. The van der Waals surface area contributed by atoms with Crippen LogP contribution in [0.2, 0.25) is 0 Å². The average molecular weight is 751 g/mol. The number of methoxy groups -OCH3 is 2. The molecule has 0 amide bonds. The Balaban J connectivity index is 1.71. The van der Waals surface area contributed by atoms with Gasteiger partial charge in [-0.1, -0.05) is 54.6 Å². The number of hydrogen-bond donors (Lipinski definition) is 1. The van der Waals surface area contributed by atoms with Gasteiger partial charge in [0.25, 0.3) is 14.1 Å². The van der Waals surface area contributed by atoms with Crippen molar-refractivity contribution in [1.29, 1.82) is 5.26 Å². The molecule has 11 nitrogen and oxygen atoms in total. The molecule has 3 aromatic carbocycles. The van der Waals surface area contributed by atoms with E-state index in [0.29, 0.717) is 22.6 Å². The summed E-state index contributed by atoms with van der Waals surface area (Å²) in [6, 6.07) is 27.7. The van der Waals surface area contributed by atoms with Crippen molar-refractivity contribution in [2.24, 2.45) is 0 Å². The number of ether oxygens (including phenoxy) is 4.